The van der Waals surface area contributed by atoms with Crippen LogP contribution >= 0.6 is 0 Å². The van der Waals surface area contributed by atoms with Gasteiger partial charge in [0.05, 0.1) is 19.4 Å². The molecule has 0 saturated carbocycles. The zero-order valence-corrected chi connectivity index (χ0v) is 14.7. The van der Waals surface area contributed by atoms with E-state index in [4.69, 9.17) is 14.2 Å². The molecule has 0 spiro atoms. The van der Waals surface area contributed by atoms with Crippen molar-refractivity contribution in [1.82, 2.24) is 10.0 Å². The molecule has 0 N–H and O–H groups in total. The van der Waals surface area contributed by atoms with Crippen LogP contribution in [0.25, 0.3) is 0 Å². The van der Waals surface area contributed by atoms with Crippen molar-refractivity contribution < 1.29 is 28.6 Å². The molecule has 1 saturated heterocycles. The van der Waals surface area contributed by atoms with Crippen LogP contribution in [0.1, 0.15) is 31.7 Å². The van der Waals surface area contributed by atoms with Gasteiger partial charge < -0.3 is 14.2 Å². The van der Waals surface area contributed by atoms with Crippen LogP contribution in [0.5, 0.6) is 11.5 Å². The Kier molecular flexibility index (Phi) is 5.60. The second-order valence-electron chi connectivity index (χ2n) is 6.06. The zero-order chi connectivity index (χ0) is 18.5. The number of carbonyl (C=O) groups excluding carboxylic acids is 3. The highest BCUT2D eigenvalue weighted by molar-refractivity contribution is 5.85. The summed E-state index contributed by atoms with van der Waals surface area (Å²) in [7, 11) is 0. The van der Waals surface area contributed by atoms with Crippen molar-refractivity contribution in [2.24, 2.45) is 0 Å². The van der Waals surface area contributed by atoms with Crippen molar-refractivity contribution in [2.75, 3.05) is 26.5 Å². The number of fused-ring (bicyclic) bond motifs is 1. The van der Waals surface area contributed by atoms with Crippen LogP contribution in [0.4, 0.5) is 0 Å². The van der Waals surface area contributed by atoms with Crippen molar-refractivity contribution in [1.29, 1.82) is 0 Å². The van der Waals surface area contributed by atoms with Gasteiger partial charge in [0, 0.05) is 19.5 Å². The maximum Gasteiger partial charge on any atom is 0.306 e. The highest BCUT2D eigenvalue weighted by atomic mass is 16.7. The normalized spacial score (nSPS) is 15.3. The summed E-state index contributed by atoms with van der Waals surface area (Å²) in [5, 5.41) is 2.91. The Morgan fingerprint density at radius 1 is 1.04 bits per heavy atom. The van der Waals surface area contributed by atoms with Gasteiger partial charge in [0.1, 0.15) is 0 Å². The van der Waals surface area contributed by atoms with Gasteiger partial charge in [0.2, 0.25) is 18.6 Å². The van der Waals surface area contributed by atoms with Crippen LogP contribution in [0.2, 0.25) is 0 Å². The standard InChI is InChI=1S/C18H22N2O6/c1-2-24-18(23)7-6-16(21)19-8-3-9-20(19)17(22)11-13-4-5-14-15(10-13)26-12-25-14/h4-5,10H,2-3,6-9,11-12H2,1H3. The summed E-state index contributed by atoms with van der Waals surface area (Å²) in [5.41, 5.74) is 0.796. The minimum absolute atomic E-state index is 0.0212. The molecule has 0 bridgehead atoms. The van der Waals surface area contributed by atoms with Gasteiger partial charge in [0.25, 0.3) is 0 Å². The van der Waals surface area contributed by atoms with Gasteiger partial charge in [0.15, 0.2) is 11.5 Å². The summed E-state index contributed by atoms with van der Waals surface area (Å²) >= 11 is 0. The fourth-order valence-electron chi connectivity index (χ4n) is 3.02. The molecule has 3 rings (SSSR count). The van der Waals surface area contributed by atoms with Crippen LogP contribution in [0, 0.1) is 0 Å². The molecule has 0 unspecified atom stereocenters. The highest BCUT2D eigenvalue weighted by Gasteiger charge is 2.30. The van der Waals surface area contributed by atoms with Gasteiger partial charge in [-0.2, -0.15) is 0 Å². The third kappa shape index (κ3) is 4.07. The van der Waals surface area contributed by atoms with Crippen molar-refractivity contribution in [3.8, 4) is 11.5 Å². The number of carbonyl (C=O) groups is 3. The van der Waals surface area contributed by atoms with Gasteiger partial charge in [-0.1, -0.05) is 6.07 Å². The van der Waals surface area contributed by atoms with Gasteiger partial charge >= 0.3 is 5.97 Å². The lowest BCUT2D eigenvalue weighted by atomic mass is 10.1. The van der Waals surface area contributed by atoms with Crippen molar-refractivity contribution in [3.63, 3.8) is 0 Å². The van der Waals surface area contributed by atoms with Crippen LogP contribution in [-0.2, 0) is 25.5 Å². The average Bonchev–Trinajstić information content (AvgIpc) is 3.28. The van der Waals surface area contributed by atoms with E-state index in [1.165, 1.54) is 10.0 Å². The molecule has 2 heterocycles. The fourth-order valence-corrected chi connectivity index (χ4v) is 3.02. The van der Waals surface area contributed by atoms with Gasteiger partial charge in [-0.3, -0.25) is 24.4 Å². The molecule has 8 heteroatoms. The number of hydrazine groups is 1. The van der Waals surface area contributed by atoms with E-state index in [-0.39, 0.29) is 44.5 Å². The molecule has 0 atom stereocenters. The molecule has 26 heavy (non-hydrogen) atoms. The zero-order valence-electron chi connectivity index (χ0n) is 14.7. The number of rotatable bonds is 6. The van der Waals surface area contributed by atoms with Crippen LogP contribution in [-0.4, -0.2) is 54.3 Å². The minimum atomic E-state index is -0.404. The number of hydrogen-bond donors (Lipinski definition) is 0. The van der Waals surface area contributed by atoms with E-state index < -0.39 is 5.97 Å². The third-order valence-corrected chi connectivity index (χ3v) is 4.25. The number of ether oxygens (including phenoxy) is 3. The van der Waals surface area contributed by atoms with Crippen molar-refractivity contribution >= 4 is 17.8 Å². The molecule has 140 valence electrons. The summed E-state index contributed by atoms with van der Waals surface area (Å²) in [6, 6.07) is 5.37. The monoisotopic (exact) mass is 362 g/mol. The van der Waals surface area contributed by atoms with Crippen LogP contribution in [0.3, 0.4) is 0 Å². The second-order valence-corrected chi connectivity index (χ2v) is 6.06. The first-order chi connectivity index (χ1) is 12.6. The third-order valence-electron chi connectivity index (χ3n) is 4.25. The Morgan fingerprint density at radius 3 is 2.54 bits per heavy atom. The van der Waals surface area contributed by atoms with Crippen LogP contribution in [0.15, 0.2) is 18.2 Å². The largest absolute Gasteiger partial charge is 0.466 e. The predicted molar refractivity (Wildman–Crippen MR) is 90.2 cm³/mol. The van der Waals surface area contributed by atoms with Gasteiger partial charge in [-0.15, -0.1) is 0 Å². The SMILES string of the molecule is CCOC(=O)CCC(=O)N1CCCN1C(=O)Cc1ccc2c(c1)OCO2. The maximum absolute atomic E-state index is 12.6. The topological polar surface area (TPSA) is 85.4 Å². The lowest BCUT2D eigenvalue weighted by Gasteiger charge is -2.28. The fraction of sp³-hybridized carbons (Fsp3) is 0.500. The van der Waals surface area contributed by atoms with E-state index in [9.17, 15) is 14.4 Å². The number of nitrogens with zero attached hydrogens (tertiary/aromatic N) is 2. The van der Waals surface area contributed by atoms with E-state index in [0.29, 0.717) is 24.6 Å². The van der Waals surface area contributed by atoms with Crippen molar-refractivity contribution in [3.05, 3.63) is 23.8 Å². The number of esters is 1. The Morgan fingerprint density at radius 2 is 1.77 bits per heavy atom. The molecule has 2 aliphatic rings. The lowest BCUT2D eigenvalue weighted by molar-refractivity contribution is -0.158. The smallest absolute Gasteiger partial charge is 0.306 e. The number of hydrogen-bond acceptors (Lipinski definition) is 6. The van der Waals surface area contributed by atoms with E-state index >= 15 is 0 Å². The molecule has 0 aliphatic carbocycles. The maximum atomic E-state index is 12.6. The molecule has 0 radical (unpaired) electrons. The Labute approximate surface area is 151 Å². The van der Waals surface area contributed by atoms with Gasteiger partial charge in [-0.05, 0) is 31.0 Å². The van der Waals surface area contributed by atoms with E-state index in [0.717, 1.165) is 12.0 Å². The summed E-state index contributed by atoms with van der Waals surface area (Å²) in [5.74, 6) is 0.482. The highest BCUT2D eigenvalue weighted by Crippen LogP contribution is 2.32. The molecule has 8 nitrogen and oxygen atoms in total. The Bertz CT molecular complexity index is 705. The average molecular weight is 362 g/mol. The van der Waals surface area contributed by atoms with Crippen molar-refractivity contribution in [2.45, 2.75) is 32.6 Å². The molecular formula is C18H22N2O6. The first-order valence-corrected chi connectivity index (χ1v) is 8.73. The summed E-state index contributed by atoms with van der Waals surface area (Å²) < 4.78 is 15.4. The summed E-state index contributed by atoms with van der Waals surface area (Å²) in [6.45, 7) is 3.16. The molecule has 1 aromatic carbocycles. The molecule has 2 aliphatic heterocycles. The summed E-state index contributed by atoms with van der Waals surface area (Å²) in [4.78, 5) is 36.4. The lowest BCUT2D eigenvalue weighted by Crippen LogP contribution is -2.45. The second kappa shape index (κ2) is 8.07. The minimum Gasteiger partial charge on any atom is -0.466 e. The van der Waals surface area contributed by atoms with E-state index in [2.05, 4.69) is 0 Å². The number of benzene rings is 1. The quantitative estimate of drug-likeness (QED) is 0.709. The van der Waals surface area contributed by atoms with Crippen LogP contribution < -0.4 is 9.47 Å². The Balaban J connectivity index is 1.57. The van der Waals surface area contributed by atoms with Gasteiger partial charge in [-0.25, -0.2) is 0 Å². The Hall–Kier alpha value is -2.77. The molecule has 2 amide bonds. The molecule has 0 aromatic heterocycles. The van der Waals surface area contributed by atoms with E-state index in [1.807, 2.05) is 6.07 Å². The first-order valence-electron chi connectivity index (χ1n) is 8.73. The molecular weight excluding hydrogens is 340 g/mol. The first kappa shape index (κ1) is 18.0. The summed E-state index contributed by atoms with van der Waals surface area (Å²) in [6.07, 6.45) is 0.941. The van der Waals surface area contributed by atoms with E-state index in [1.54, 1.807) is 19.1 Å². The molecule has 1 fully saturated rings. The predicted octanol–water partition coefficient (Wildman–Crippen LogP) is 1.28. The molecule has 1 aromatic rings. The number of amides is 2.